The van der Waals surface area contributed by atoms with Gasteiger partial charge in [-0.25, -0.2) is 0 Å². The Kier molecular flexibility index (Phi) is 3.82. The number of hydrogen-bond donors (Lipinski definition) is 0. The number of hydrogen-bond acceptors (Lipinski definition) is 4. The highest BCUT2D eigenvalue weighted by Crippen LogP contribution is 2.41. The van der Waals surface area contributed by atoms with Gasteiger partial charge in [0, 0.05) is 10.8 Å². The van der Waals surface area contributed by atoms with Gasteiger partial charge in [0.15, 0.2) is 0 Å². The van der Waals surface area contributed by atoms with E-state index in [1.165, 1.54) is 29.8 Å². The van der Waals surface area contributed by atoms with Crippen LogP contribution in [0.25, 0.3) is 0 Å². The van der Waals surface area contributed by atoms with E-state index in [-0.39, 0.29) is 0 Å². The van der Waals surface area contributed by atoms with E-state index in [0.717, 1.165) is 11.4 Å². The van der Waals surface area contributed by atoms with Gasteiger partial charge >= 0.3 is 0 Å². The van der Waals surface area contributed by atoms with Crippen molar-refractivity contribution in [2.45, 2.75) is 43.4 Å². The van der Waals surface area contributed by atoms with Gasteiger partial charge in [-0.15, -0.1) is 21.5 Å². The van der Waals surface area contributed by atoms with E-state index in [1.54, 1.807) is 16.2 Å². The molecular weight excluding hydrogens is 328 g/mol. The molecular formula is C13H15BrN2S2. The van der Waals surface area contributed by atoms with Crippen molar-refractivity contribution in [3.63, 3.8) is 0 Å². The molecule has 1 aliphatic rings. The van der Waals surface area contributed by atoms with Crippen molar-refractivity contribution in [1.29, 1.82) is 0 Å². The maximum Gasteiger partial charge on any atom is 0.131 e. The van der Waals surface area contributed by atoms with Crippen LogP contribution in [0.4, 0.5) is 0 Å². The highest BCUT2D eigenvalue weighted by Gasteiger charge is 2.26. The zero-order valence-electron chi connectivity index (χ0n) is 10.2. The summed E-state index contributed by atoms with van der Waals surface area (Å²) in [5.41, 5.74) is 1.50. The van der Waals surface area contributed by atoms with Crippen molar-refractivity contribution >= 4 is 38.6 Å². The van der Waals surface area contributed by atoms with Crippen molar-refractivity contribution in [3.8, 4) is 0 Å². The van der Waals surface area contributed by atoms with E-state index >= 15 is 0 Å². The minimum Gasteiger partial charge on any atom is -0.149 e. The molecule has 2 aromatic rings. The van der Waals surface area contributed by atoms with Gasteiger partial charge < -0.3 is 0 Å². The van der Waals surface area contributed by atoms with Crippen LogP contribution in [0, 0.1) is 0 Å². The van der Waals surface area contributed by atoms with Crippen LogP contribution in [0.3, 0.4) is 0 Å². The van der Waals surface area contributed by atoms with E-state index < -0.39 is 0 Å². The Morgan fingerprint density at radius 1 is 1.50 bits per heavy atom. The molecule has 2 atom stereocenters. The second-order valence-corrected chi connectivity index (χ2v) is 7.74. The Hall–Kier alpha value is -0.260. The van der Waals surface area contributed by atoms with Crippen LogP contribution in [0.1, 0.15) is 57.4 Å². The Morgan fingerprint density at radius 2 is 2.39 bits per heavy atom. The predicted molar refractivity (Wildman–Crippen MR) is 81.0 cm³/mol. The van der Waals surface area contributed by atoms with Crippen LogP contribution in [0.2, 0.25) is 0 Å². The summed E-state index contributed by atoms with van der Waals surface area (Å²) in [5, 5.41) is 13.3. The number of fused-ring (bicyclic) bond motifs is 1. The number of nitrogens with zero attached hydrogens (tertiary/aromatic N) is 2. The lowest BCUT2D eigenvalue weighted by Gasteiger charge is -2.19. The molecule has 1 aliphatic carbocycles. The van der Waals surface area contributed by atoms with Crippen molar-refractivity contribution in [3.05, 3.63) is 31.9 Å². The molecule has 96 valence electrons. The summed E-state index contributed by atoms with van der Waals surface area (Å²) in [6, 6.07) is 2.27. The fourth-order valence-electron chi connectivity index (χ4n) is 2.43. The quantitative estimate of drug-likeness (QED) is 0.740. The molecule has 3 rings (SSSR count). The second kappa shape index (κ2) is 5.39. The summed E-state index contributed by atoms with van der Waals surface area (Å²) in [5.74, 6) is 0.489. The molecule has 0 radical (unpaired) electrons. The average molecular weight is 343 g/mol. The first kappa shape index (κ1) is 12.8. The number of rotatable bonds is 3. The lowest BCUT2D eigenvalue weighted by molar-refractivity contribution is 0.617. The Bertz CT molecular complexity index is 535. The summed E-state index contributed by atoms with van der Waals surface area (Å²) in [4.78, 5) is 1.91. The summed E-state index contributed by atoms with van der Waals surface area (Å²) in [6.07, 6.45) is 4.80. The van der Waals surface area contributed by atoms with Crippen molar-refractivity contribution in [2.75, 3.05) is 0 Å². The third-order valence-electron chi connectivity index (χ3n) is 3.43. The highest BCUT2D eigenvalue weighted by atomic mass is 79.9. The lowest BCUT2D eigenvalue weighted by atomic mass is 9.88. The molecule has 0 saturated heterocycles. The van der Waals surface area contributed by atoms with E-state index in [4.69, 9.17) is 0 Å². The van der Waals surface area contributed by atoms with Gasteiger partial charge in [-0.2, -0.15) is 0 Å². The smallest absolute Gasteiger partial charge is 0.131 e. The summed E-state index contributed by atoms with van der Waals surface area (Å²) >= 11 is 7.32. The fourth-order valence-corrected chi connectivity index (χ4v) is 4.85. The average Bonchev–Trinajstić information content (AvgIpc) is 3.05. The van der Waals surface area contributed by atoms with Gasteiger partial charge in [-0.05, 0) is 42.7 Å². The fraction of sp³-hybridized carbons (Fsp3) is 0.538. The number of halogens is 1. The van der Waals surface area contributed by atoms with Crippen molar-refractivity contribution in [1.82, 2.24) is 10.2 Å². The van der Waals surface area contributed by atoms with Gasteiger partial charge in [0.1, 0.15) is 10.0 Å². The number of alkyl halides is 1. The van der Waals surface area contributed by atoms with Crippen LogP contribution >= 0.6 is 38.6 Å². The van der Waals surface area contributed by atoms with Crippen LogP contribution in [0.15, 0.2) is 11.4 Å². The third-order valence-corrected chi connectivity index (χ3v) is 6.96. The molecule has 0 spiro atoms. The minimum absolute atomic E-state index is 0.356. The first-order chi connectivity index (χ1) is 8.79. The molecule has 0 aliphatic heterocycles. The normalized spacial score (nSPS) is 20.7. The SMILES string of the molecule is CCC(Br)c1nnc(C2CCCc3sccc32)s1. The van der Waals surface area contributed by atoms with Crippen LogP contribution in [0.5, 0.6) is 0 Å². The zero-order valence-corrected chi connectivity index (χ0v) is 13.4. The number of aryl methyl sites for hydroxylation is 1. The molecule has 2 nitrogen and oxygen atoms in total. The molecule has 5 heteroatoms. The van der Waals surface area contributed by atoms with Crippen LogP contribution < -0.4 is 0 Å². The molecule has 0 aromatic carbocycles. The standard InChI is InChI=1S/C13H15BrN2S2/c1-2-10(14)13-16-15-12(18-13)9-4-3-5-11-8(9)6-7-17-11/h6-7,9-10H,2-5H2,1H3. The summed E-state index contributed by atoms with van der Waals surface area (Å²) < 4.78 is 0. The van der Waals surface area contributed by atoms with Crippen LogP contribution in [-0.2, 0) is 6.42 Å². The Balaban J connectivity index is 1.90. The van der Waals surface area contributed by atoms with Crippen molar-refractivity contribution in [2.24, 2.45) is 0 Å². The topological polar surface area (TPSA) is 25.8 Å². The molecule has 0 bridgehead atoms. The zero-order chi connectivity index (χ0) is 12.5. The first-order valence-electron chi connectivity index (χ1n) is 6.33. The summed E-state index contributed by atoms with van der Waals surface area (Å²) in [7, 11) is 0. The Labute approximate surface area is 124 Å². The maximum absolute atomic E-state index is 4.43. The number of thiophene rings is 1. The molecule has 0 amide bonds. The maximum atomic E-state index is 4.43. The van der Waals surface area contributed by atoms with Gasteiger partial charge in [0.2, 0.25) is 0 Å². The van der Waals surface area contributed by atoms with E-state index in [9.17, 15) is 0 Å². The van der Waals surface area contributed by atoms with Crippen LogP contribution in [-0.4, -0.2) is 10.2 Å². The van der Waals surface area contributed by atoms with Gasteiger partial charge in [-0.3, -0.25) is 0 Å². The van der Waals surface area contributed by atoms with Gasteiger partial charge in [0.05, 0.1) is 4.83 Å². The minimum atomic E-state index is 0.356. The molecule has 2 unspecified atom stereocenters. The van der Waals surface area contributed by atoms with E-state index in [1.807, 2.05) is 11.3 Å². The predicted octanol–water partition coefficient (Wildman–Crippen LogP) is 4.91. The molecule has 0 N–H and O–H groups in total. The lowest BCUT2D eigenvalue weighted by Crippen LogP contribution is -2.08. The largest absolute Gasteiger partial charge is 0.149 e. The summed E-state index contributed by atoms with van der Waals surface area (Å²) in [6.45, 7) is 2.16. The highest BCUT2D eigenvalue weighted by molar-refractivity contribution is 9.09. The van der Waals surface area contributed by atoms with E-state index in [0.29, 0.717) is 10.7 Å². The Morgan fingerprint density at radius 3 is 3.22 bits per heavy atom. The van der Waals surface area contributed by atoms with Crippen molar-refractivity contribution < 1.29 is 0 Å². The molecule has 0 saturated carbocycles. The monoisotopic (exact) mass is 342 g/mol. The first-order valence-corrected chi connectivity index (χ1v) is 8.94. The molecule has 2 heterocycles. The second-order valence-electron chi connectivity index (χ2n) is 4.60. The third kappa shape index (κ3) is 2.28. The number of aromatic nitrogens is 2. The molecule has 0 fully saturated rings. The molecule has 18 heavy (non-hydrogen) atoms. The van der Waals surface area contributed by atoms with Gasteiger partial charge in [-0.1, -0.05) is 34.2 Å². The van der Waals surface area contributed by atoms with E-state index in [2.05, 4.69) is 44.5 Å². The molecule has 2 aromatic heterocycles. The van der Waals surface area contributed by atoms with Gasteiger partial charge in [0.25, 0.3) is 0 Å².